The molecule has 0 atom stereocenters. The lowest BCUT2D eigenvalue weighted by Gasteiger charge is -2.17. The van der Waals surface area contributed by atoms with Gasteiger partial charge in [-0.05, 0) is 48.5 Å². The van der Waals surface area contributed by atoms with Crippen molar-refractivity contribution in [3.63, 3.8) is 0 Å². The van der Waals surface area contributed by atoms with Gasteiger partial charge in [0.1, 0.15) is 18.0 Å². The number of aromatic nitrogens is 2. The van der Waals surface area contributed by atoms with Gasteiger partial charge in [-0.15, -0.1) is 4.68 Å². The van der Waals surface area contributed by atoms with Gasteiger partial charge in [0.15, 0.2) is 0 Å². The van der Waals surface area contributed by atoms with E-state index in [0.717, 1.165) is 25.5 Å². The number of anilines is 4. The van der Waals surface area contributed by atoms with Crippen molar-refractivity contribution in [1.29, 1.82) is 10.5 Å². The van der Waals surface area contributed by atoms with Crippen molar-refractivity contribution >= 4 is 71.1 Å². The van der Waals surface area contributed by atoms with E-state index in [1.807, 2.05) is 43.0 Å². The monoisotopic (exact) mass is 768 g/mol. The summed E-state index contributed by atoms with van der Waals surface area (Å²) in [6.07, 6.45) is 0.938. The lowest BCUT2D eigenvalue weighted by atomic mass is 10.2. The number of hydrogen-bond acceptors (Lipinski definition) is 18. The number of benzene rings is 2. The maximum atomic E-state index is 12.3. The number of azo groups is 1. The molecule has 1 heterocycles. The van der Waals surface area contributed by atoms with Crippen molar-refractivity contribution in [3.05, 3.63) is 42.0 Å². The third kappa shape index (κ3) is 17.1. The molecule has 0 unspecified atom stereocenters. The van der Waals surface area contributed by atoms with Crippen LogP contribution in [0.4, 0.5) is 33.0 Å². The van der Waals surface area contributed by atoms with Crippen molar-refractivity contribution < 1.29 is 48.5 Å². The van der Waals surface area contributed by atoms with Gasteiger partial charge in [-0.2, -0.15) is 10.5 Å². The molecular weight excluding hydrogens is 731 g/mol. The molecule has 0 saturated carbocycles. The van der Waals surface area contributed by atoms with Crippen molar-refractivity contribution in [3.8, 4) is 17.9 Å². The van der Waals surface area contributed by atoms with Gasteiger partial charge in [-0.25, -0.2) is 16.8 Å². The molecule has 1 aromatic heterocycles. The topological polar surface area (TPSA) is 276 Å². The van der Waals surface area contributed by atoms with E-state index < -0.39 is 20.8 Å². The predicted molar refractivity (Wildman–Crippen MR) is 185 cm³/mol. The van der Waals surface area contributed by atoms with Crippen LogP contribution in [0.3, 0.4) is 0 Å². The van der Waals surface area contributed by atoms with E-state index in [1.54, 1.807) is 30.8 Å². The first-order valence-electron chi connectivity index (χ1n) is 14.7. The molecule has 0 radical (unpaired) electrons. The van der Waals surface area contributed by atoms with Crippen LogP contribution in [0.15, 0.2) is 46.6 Å². The molecule has 0 aliphatic heterocycles. The second kappa shape index (κ2) is 22.1. The Morgan fingerprint density at radius 1 is 0.961 bits per heavy atom. The number of nitrogens with one attached hydrogen (secondary N) is 2. The minimum Gasteiger partial charge on any atom is -0.726 e. The van der Waals surface area contributed by atoms with Crippen LogP contribution < -0.4 is 25.0 Å². The van der Waals surface area contributed by atoms with Crippen molar-refractivity contribution in [1.82, 2.24) is 5.10 Å². The van der Waals surface area contributed by atoms with Gasteiger partial charge in [-0.1, -0.05) is 29.7 Å². The standard InChI is InChI=1S/C27H31N9O2S.2CH4O4S/c1-5-25(37)31-21-17-23(30-20-11-9-19(3)10-12-20)24(38-4)18-22(21)32-33-26-36(6-2)34-27(39-26)35(15-7-13-28)16-8-14-29;2*1-5-6(2,3)4/h9-12,17-18H,5-8,15-16H2,1-4H3,(H,30,31,37);2*1H3,(H,2,3,4)/p-1. The third-order valence-corrected chi connectivity index (χ3v) is 7.88. The van der Waals surface area contributed by atoms with E-state index in [1.165, 1.54) is 11.3 Å². The Morgan fingerprint density at radius 2 is 1.51 bits per heavy atom. The number of amides is 1. The SMILES string of the molecule is CCC(=O)Nc1cc(Nc2ccc(C)cc2)c(OC)cc1N=Nc1sc(N(CCC#N)CCC#N)n[n+]1CC.COS(=O)(=O)[O-].COS(=O)(=O)[O-]. The summed E-state index contributed by atoms with van der Waals surface area (Å²) >= 11 is 1.32. The Bertz CT molecular complexity index is 1860. The first-order chi connectivity index (χ1) is 24.0. The van der Waals surface area contributed by atoms with Crippen LogP contribution in [0.5, 0.6) is 5.75 Å². The Morgan fingerprint density at radius 3 is 1.96 bits per heavy atom. The van der Waals surface area contributed by atoms with Crippen LogP contribution in [-0.2, 0) is 40.5 Å². The second-order valence-electron chi connectivity index (χ2n) is 9.60. The van der Waals surface area contributed by atoms with E-state index in [2.05, 4.69) is 46.5 Å². The second-order valence-corrected chi connectivity index (χ2v) is 12.8. The maximum Gasteiger partial charge on any atom is 0.432 e. The molecular formula is C29H38N9O10S3-. The summed E-state index contributed by atoms with van der Waals surface area (Å²) in [4.78, 5) is 14.2. The molecule has 0 spiro atoms. The third-order valence-electron chi connectivity index (χ3n) is 6.06. The predicted octanol–water partition coefficient (Wildman–Crippen LogP) is 4.09. The summed E-state index contributed by atoms with van der Waals surface area (Å²) in [6.45, 7) is 7.22. The molecule has 0 aliphatic carbocycles. The average Bonchev–Trinajstić information content (AvgIpc) is 3.51. The molecule has 3 aromatic rings. The summed E-state index contributed by atoms with van der Waals surface area (Å²) in [5.74, 6) is 0.374. The number of aryl methyl sites for hydroxylation is 2. The van der Waals surface area contributed by atoms with Gasteiger partial charge in [-0.3, -0.25) is 13.2 Å². The highest BCUT2D eigenvalue weighted by atomic mass is 32.3. The van der Waals surface area contributed by atoms with Gasteiger partial charge in [0.2, 0.25) is 31.8 Å². The van der Waals surface area contributed by atoms with Crippen LogP contribution in [0.2, 0.25) is 0 Å². The van der Waals surface area contributed by atoms with Gasteiger partial charge in [0, 0.05) is 31.3 Å². The molecule has 2 N–H and O–H groups in total. The van der Waals surface area contributed by atoms with E-state index in [0.29, 0.717) is 72.0 Å². The van der Waals surface area contributed by atoms with Gasteiger partial charge >= 0.3 is 5.13 Å². The highest BCUT2D eigenvalue weighted by Gasteiger charge is 2.23. The zero-order valence-electron chi connectivity index (χ0n) is 28.6. The van der Waals surface area contributed by atoms with E-state index >= 15 is 0 Å². The molecule has 2 aromatic carbocycles. The normalized spacial score (nSPS) is 10.9. The number of carbonyl (C=O) groups excluding carboxylic acids is 1. The van der Waals surface area contributed by atoms with Gasteiger partial charge < -0.3 is 29.4 Å². The number of methoxy groups -OCH3 is 1. The minimum atomic E-state index is -4.41. The molecule has 0 saturated heterocycles. The first-order valence-corrected chi connectivity index (χ1v) is 18.2. The lowest BCUT2D eigenvalue weighted by Crippen LogP contribution is -2.35. The van der Waals surface area contributed by atoms with Crippen LogP contribution in [0.25, 0.3) is 0 Å². The van der Waals surface area contributed by atoms with Gasteiger partial charge in [0.05, 0.1) is 62.8 Å². The fourth-order valence-corrected chi connectivity index (χ4v) is 4.50. The highest BCUT2D eigenvalue weighted by molar-refractivity contribution is 7.81. The number of rotatable bonds is 15. The van der Waals surface area contributed by atoms with Crippen LogP contribution in [-0.4, -0.2) is 71.4 Å². The fraction of sp³-hybridized carbons (Fsp3) is 0.414. The molecule has 22 heteroatoms. The molecule has 51 heavy (non-hydrogen) atoms. The van der Waals surface area contributed by atoms with Crippen LogP contribution in [0, 0.1) is 29.6 Å². The van der Waals surface area contributed by atoms with Crippen LogP contribution >= 0.6 is 11.3 Å². The Hall–Kier alpha value is -4.81. The Labute approximate surface area is 301 Å². The van der Waals surface area contributed by atoms with Crippen LogP contribution in [0.1, 0.15) is 38.7 Å². The average molecular weight is 769 g/mol. The lowest BCUT2D eigenvalue weighted by molar-refractivity contribution is -0.733. The number of nitriles is 2. The molecule has 0 bridgehead atoms. The molecule has 19 nitrogen and oxygen atoms in total. The summed E-state index contributed by atoms with van der Waals surface area (Å²) in [5, 5.41) is 39.0. The Balaban J connectivity index is 0.000000928. The smallest absolute Gasteiger partial charge is 0.432 e. The number of nitrogens with zero attached hydrogens (tertiary/aromatic N) is 7. The molecule has 278 valence electrons. The van der Waals surface area contributed by atoms with Gasteiger partial charge in [0.25, 0.3) is 0 Å². The largest absolute Gasteiger partial charge is 0.726 e. The van der Waals surface area contributed by atoms with Crippen molar-refractivity contribution in [2.45, 2.75) is 46.6 Å². The zero-order valence-corrected chi connectivity index (χ0v) is 31.1. The highest BCUT2D eigenvalue weighted by Crippen LogP contribution is 2.39. The zero-order chi connectivity index (χ0) is 38.6. The summed E-state index contributed by atoms with van der Waals surface area (Å²) in [6, 6.07) is 15.7. The molecule has 3 rings (SSSR count). The Kier molecular flexibility index (Phi) is 19.2. The van der Waals surface area contributed by atoms with E-state index in [4.69, 9.17) is 15.3 Å². The van der Waals surface area contributed by atoms with E-state index in [-0.39, 0.29) is 5.91 Å². The minimum absolute atomic E-state index is 0.160. The first kappa shape index (κ1) is 44.2. The number of ether oxygens (including phenoxy) is 1. The molecule has 0 fully saturated rings. The summed E-state index contributed by atoms with van der Waals surface area (Å²) < 4.78 is 69.4. The number of hydrogen-bond donors (Lipinski definition) is 2. The van der Waals surface area contributed by atoms with Crippen molar-refractivity contribution in [2.24, 2.45) is 10.2 Å². The molecule has 1 amide bonds. The number of carbonyl (C=O) groups is 1. The maximum absolute atomic E-state index is 12.3. The fourth-order valence-electron chi connectivity index (χ4n) is 3.53. The van der Waals surface area contributed by atoms with E-state index in [9.17, 15) is 30.7 Å². The molecule has 0 aliphatic rings. The summed E-state index contributed by atoms with van der Waals surface area (Å²) in [5.41, 5.74) is 3.60. The van der Waals surface area contributed by atoms with Crippen molar-refractivity contribution in [2.75, 3.05) is 50.0 Å². The quantitative estimate of drug-likeness (QED) is 0.0953. The summed E-state index contributed by atoms with van der Waals surface area (Å²) in [7, 11) is -5.64.